The SMILES string of the molecule is CC(C)C1CNC2(CCCC2)CN1C1CCCCCC1. The highest BCUT2D eigenvalue weighted by Gasteiger charge is 2.43. The number of nitrogens with zero attached hydrogens (tertiary/aromatic N) is 1. The summed E-state index contributed by atoms with van der Waals surface area (Å²) in [6.45, 7) is 7.40. The molecule has 0 bridgehead atoms. The normalized spacial score (nSPS) is 32.9. The fourth-order valence-corrected chi connectivity index (χ4v) is 4.96. The van der Waals surface area contributed by atoms with Crippen LogP contribution in [0.2, 0.25) is 0 Å². The molecule has 1 saturated heterocycles. The fraction of sp³-hybridized carbons (Fsp3) is 1.00. The van der Waals surface area contributed by atoms with E-state index in [4.69, 9.17) is 0 Å². The first-order valence-corrected chi connectivity index (χ1v) is 9.21. The van der Waals surface area contributed by atoms with E-state index in [0.29, 0.717) is 5.54 Å². The van der Waals surface area contributed by atoms with Crippen molar-refractivity contribution in [3.63, 3.8) is 0 Å². The highest BCUT2D eigenvalue weighted by molar-refractivity contribution is 5.03. The second-order valence-electron chi connectivity index (χ2n) is 8.00. The molecule has 2 heteroatoms. The fourth-order valence-electron chi connectivity index (χ4n) is 4.96. The van der Waals surface area contributed by atoms with Gasteiger partial charge in [0.25, 0.3) is 0 Å². The van der Waals surface area contributed by atoms with Crippen molar-refractivity contribution in [2.75, 3.05) is 13.1 Å². The molecule has 1 N–H and O–H groups in total. The van der Waals surface area contributed by atoms with Crippen LogP contribution < -0.4 is 5.32 Å². The number of hydrogen-bond donors (Lipinski definition) is 1. The summed E-state index contributed by atoms with van der Waals surface area (Å²) >= 11 is 0. The van der Waals surface area contributed by atoms with E-state index in [1.165, 1.54) is 77.3 Å². The minimum atomic E-state index is 0.484. The molecule has 0 amide bonds. The molecule has 3 rings (SSSR count). The van der Waals surface area contributed by atoms with Gasteiger partial charge in [-0.05, 0) is 31.6 Å². The summed E-state index contributed by atoms with van der Waals surface area (Å²) in [5.41, 5.74) is 0.484. The molecule has 0 aromatic heterocycles. The van der Waals surface area contributed by atoms with Crippen LogP contribution in [0.25, 0.3) is 0 Å². The number of nitrogens with one attached hydrogen (secondary N) is 1. The molecular formula is C18H34N2. The van der Waals surface area contributed by atoms with Gasteiger partial charge in [0.2, 0.25) is 0 Å². The van der Waals surface area contributed by atoms with Crippen molar-refractivity contribution in [3.8, 4) is 0 Å². The predicted octanol–water partition coefficient (Wildman–Crippen LogP) is 3.95. The summed E-state index contributed by atoms with van der Waals surface area (Å²) in [6.07, 6.45) is 14.5. The van der Waals surface area contributed by atoms with Crippen LogP contribution in [-0.4, -0.2) is 35.6 Å². The van der Waals surface area contributed by atoms with Crippen LogP contribution >= 0.6 is 0 Å². The maximum Gasteiger partial charge on any atom is 0.0309 e. The largest absolute Gasteiger partial charge is 0.308 e. The number of hydrogen-bond acceptors (Lipinski definition) is 2. The minimum Gasteiger partial charge on any atom is -0.308 e. The molecule has 3 aliphatic rings. The van der Waals surface area contributed by atoms with Gasteiger partial charge >= 0.3 is 0 Å². The molecule has 20 heavy (non-hydrogen) atoms. The number of piperazine rings is 1. The van der Waals surface area contributed by atoms with Crippen LogP contribution in [0.1, 0.15) is 78.1 Å². The van der Waals surface area contributed by atoms with Gasteiger partial charge in [0.15, 0.2) is 0 Å². The lowest BCUT2D eigenvalue weighted by Crippen LogP contribution is -2.66. The van der Waals surface area contributed by atoms with E-state index in [-0.39, 0.29) is 0 Å². The van der Waals surface area contributed by atoms with Crippen molar-refractivity contribution in [2.45, 2.75) is 95.7 Å². The summed E-state index contributed by atoms with van der Waals surface area (Å²) in [4.78, 5) is 2.96. The Bertz CT molecular complexity index is 299. The molecule has 0 radical (unpaired) electrons. The van der Waals surface area contributed by atoms with Crippen molar-refractivity contribution >= 4 is 0 Å². The third-order valence-electron chi connectivity index (χ3n) is 6.22. The average molecular weight is 278 g/mol. The summed E-state index contributed by atoms with van der Waals surface area (Å²) < 4.78 is 0. The van der Waals surface area contributed by atoms with E-state index in [1.807, 2.05) is 0 Å². The lowest BCUT2D eigenvalue weighted by molar-refractivity contribution is 0.0166. The molecule has 0 aromatic rings. The van der Waals surface area contributed by atoms with Crippen LogP contribution in [0, 0.1) is 5.92 Å². The monoisotopic (exact) mass is 278 g/mol. The maximum absolute atomic E-state index is 3.97. The van der Waals surface area contributed by atoms with E-state index >= 15 is 0 Å². The van der Waals surface area contributed by atoms with E-state index < -0.39 is 0 Å². The van der Waals surface area contributed by atoms with E-state index in [2.05, 4.69) is 24.1 Å². The highest BCUT2D eigenvalue weighted by Crippen LogP contribution is 2.37. The third-order valence-corrected chi connectivity index (χ3v) is 6.22. The first kappa shape index (κ1) is 14.8. The molecule has 2 nitrogen and oxygen atoms in total. The van der Waals surface area contributed by atoms with E-state index in [1.54, 1.807) is 0 Å². The molecule has 2 saturated carbocycles. The smallest absolute Gasteiger partial charge is 0.0309 e. The minimum absolute atomic E-state index is 0.484. The Hall–Kier alpha value is -0.0800. The lowest BCUT2D eigenvalue weighted by atomic mass is 9.87. The Morgan fingerprint density at radius 3 is 2.20 bits per heavy atom. The van der Waals surface area contributed by atoms with Crippen LogP contribution in [0.5, 0.6) is 0 Å². The predicted molar refractivity (Wildman–Crippen MR) is 86.0 cm³/mol. The van der Waals surface area contributed by atoms with Crippen LogP contribution in [0.4, 0.5) is 0 Å². The van der Waals surface area contributed by atoms with Crippen LogP contribution in [0.3, 0.4) is 0 Å². The third kappa shape index (κ3) is 3.06. The summed E-state index contributed by atoms with van der Waals surface area (Å²) in [5.74, 6) is 0.782. The Labute approximate surface area is 125 Å². The number of rotatable bonds is 2. The Balaban J connectivity index is 1.74. The molecule has 1 heterocycles. The van der Waals surface area contributed by atoms with Crippen LogP contribution in [0.15, 0.2) is 0 Å². The van der Waals surface area contributed by atoms with Gasteiger partial charge in [-0.3, -0.25) is 4.90 Å². The van der Waals surface area contributed by atoms with Crippen molar-refractivity contribution in [1.29, 1.82) is 0 Å². The zero-order chi connectivity index (χ0) is 14.0. The van der Waals surface area contributed by atoms with E-state index in [9.17, 15) is 0 Å². The standard InChI is InChI=1S/C18H34N2/c1-15(2)17-13-19-18(11-7-8-12-18)14-20(17)16-9-5-3-4-6-10-16/h15-17,19H,3-14H2,1-2H3. The Morgan fingerprint density at radius 1 is 0.950 bits per heavy atom. The molecule has 0 aromatic carbocycles. The van der Waals surface area contributed by atoms with Gasteiger partial charge in [-0.1, -0.05) is 52.4 Å². The van der Waals surface area contributed by atoms with Crippen molar-refractivity contribution in [1.82, 2.24) is 10.2 Å². The van der Waals surface area contributed by atoms with Gasteiger partial charge in [0, 0.05) is 30.7 Å². The first-order chi connectivity index (χ1) is 9.70. The Kier molecular flexibility index (Phi) is 4.72. The molecule has 1 unspecified atom stereocenters. The first-order valence-electron chi connectivity index (χ1n) is 9.21. The maximum atomic E-state index is 3.97. The van der Waals surface area contributed by atoms with Gasteiger partial charge in [-0.25, -0.2) is 0 Å². The second-order valence-corrected chi connectivity index (χ2v) is 8.00. The zero-order valence-electron chi connectivity index (χ0n) is 13.7. The van der Waals surface area contributed by atoms with Gasteiger partial charge in [-0.2, -0.15) is 0 Å². The molecule has 1 spiro atoms. The summed E-state index contributed by atoms with van der Waals surface area (Å²) in [7, 11) is 0. The lowest BCUT2D eigenvalue weighted by Gasteiger charge is -2.51. The van der Waals surface area contributed by atoms with Crippen molar-refractivity contribution in [2.24, 2.45) is 5.92 Å². The van der Waals surface area contributed by atoms with Gasteiger partial charge < -0.3 is 5.32 Å². The van der Waals surface area contributed by atoms with Crippen molar-refractivity contribution < 1.29 is 0 Å². The second kappa shape index (κ2) is 6.36. The van der Waals surface area contributed by atoms with Gasteiger partial charge in [0.1, 0.15) is 0 Å². The molecule has 1 aliphatic heterocycles. The Morgan fingerprint density at radius 2 is 1.60 bits per heavy atom. The quantitative estimate of drug-likeness (QED) is 0.769. The van der Waals surface area contributed by atoms with Gasteiger partial charge in [0.05, 0.1) is 0 Å². The summed E-state index contributed by atoms with van der Waals surface area (Å²) in [5, 5.41) is 3.97. The average Bonchev–Trinajstić information content (AvgIpc) is 2.73. The van der Waals surface area contributed by atoms with E-state index in [0.717, 1.165) is 18.0 Å². The zero-order valence-corrected chi connectivity index (χ0v) is 13.7. The summed E-state index contributed by atoms with van der Waals surface area (Å²) in [6, 6.07) is 1.65. The van der Waals surface area contributed by atoms with Crippen LogP contribution in [-0.2, 0) is 0 Å². The molecule has 3 fully saturated rings. The molecular weight excluding hydrogens is 244 g/mol. The highest BCUT2D eigenvalue weighted by atomic mass is 15.3. The topological polar surface area (TPSA) is 15.3 Å². The molecule has 116 valence electrons. The van der Waals surface area contributed by atoms with Gasteiger partial charge in [-0.15, -0.1) is 0 Å². The van der Waals surface area contributed by atoms with Crippen molar-refractivity contribution in [3.05, 3.63) is 0 Å². The molecule has 1 atom stereocenters. The molecule has 2 aliphatic carbocycles.